The Bertz CT molecular complexity index is 802. The van der Waals surface area contributed by atoms with Gasteiger partial charge >= 0.3 is 0 Å². The van der Waals surface area contributed by atoms with Crippen molar-refractivity contribution in [1.29, 1.82) is 0 Å². The van der Waals surface area contributed by atoms with Crippen molar-refractivity contribution in [2.24, 2.45) is 0 Å². The van der Waals surface area contributed by atoms with Crippen LogP contribution in [0.5, 0.6) is 0 Å². The van der Waals surface area contributed by atoms with Gasteiger partial charge in [-0.25, -0.2) is 9.97 Å². The molecule has 0 saturated carbocycles. The summed E-state index contributed by atoms with van der Waals surface area (Å²) in [6.07, 6.45) is 5.64. The second-order valence-electron chi connectivity index (χ2n) is 4.23. The van der Waals surface area contributed by atoms with E-state index < -0.39 is 0 Å². The van der Waals surface area contributed by atoms with Gasteiger partial charge in [0.1, 0.15) is 4.88 Å². The molecule has 0 fully saturated rings. The molecular formula is C12H8N4OS. The fraction of sp³-hybridized carbons (Fsp3) is 0.0833. The number of carbonyl (C=O) groups is 1. The molecule has 18 heavy (non-hydrogen) atoms. The molecule has 4 rings (SSSR count). The molecule has 88 valence electrons. The van der Waals surface area contributed by atoms with Crippen LogP contribution in [0.25, 0.3) is 16.2 Å². The highest BCUT2D eigenvalue weighted by Gasteiger charge is 2.26. The van der Waals surface area contributed by atoms with E-state index in [1.165, 1.54) is 11.3 Å². The van der Waals surface area contributed by atoms with Gasteiger partial charge in [0.05, 0.1) is 28.1 Å². The zero-order chi connectivity index (χ0) is 12.3. The highest BCUT2D eigenvalue weighted by molar-refractivity contribution is 7.18. The number of anilines is 1. The molecule has 0 aliphatic carbocycles. The summed E-state index contributed by atoms with van der Waals surface area (Å²) in [5.74, 6) is 0.000744. The number of hydrogen-bond donors (Lipinski definition) is 1. The average Bonchev–Trinajstić information content (AvgIpc) is 2.87. The first kappa shape index (κ1) is 9.78. The summed E-state index contributed by atoms with van der Waals surface area (Å²) >= 11 is 1.47. The van der Waals surface area contributed by atoms with E-state index in [9.17, 15) is 4.79 Å². The van der Waals surface area contributed by atoms with Crippen molar-refractivity contribution in [1.82, 2.24) is 14.4 Å². The molecule has 0 aromatic carbocycles. The average molecular weight is 256 g/mol. The molecular weight excluding hydrogens is 248 g/mol. The van der Waals surface area contributed by atoms with Crippen LogP contribution in [0.15, 0.2) is 24.7 Å². The van der Waals surface area contributed by atoms with Crippen LogP contribution < -0.4 is 5.32 Å². The van der Waals surface area contributed by atoms with Crippen molar-refractivity contribution < 1.29 is 4.79 Å². The van der Waals surface area contributed by atoms with Crippen molar-refractivity contribution in [2.75, 3.05) is 5.32 Å². The first-order valence-corrected chi connectivity index (χ1v) is 6.29. The Hall–Kier alpha value is -2.21. The molecule has 0 atom stereocenters. The third-order valence-corrected chi connectivity index (χ3v) is 4.06. The Labute approximate surface area is 106 Å². The van der Waals surface area contributed by atoms with Crippen molar-refractivity contribution in [3.63, 3.8) is 0 Å². The summed E-state index contributed by atoms with van der Waals surface area (Å²) < 4.78 is 1.95. The van der Waals surface area contributed by atoms with E-state index >= 15 is 0 Å². The number of aromatic nitrogens is 3. The summed E-state index contributed by atoms with van der Waals surface area (Å²) in [6.45, 7) is 1.95. The standard InChI is InChI=1S/C12H8N4OS/c1-6-4-16-5-8(13-3-10(16)14-6)9-2-7-11(18-9)12(17)15-7/h2-5H,1H3,(H,15,17). The number of hydrogen-bond acceptors (Lipinski definition) is 4. The van der Waals surface area contributed by atoms with Crippen molar-refractivity contribution in [2.45, 2.75) is 6.92 Å². The predicted molar refractivity (Wildman–Crippen MR) is 69.0 cm³/mol. The van der Waals surface area contributed by atoms with E-state index in [2.05, 4.69) is 15.3 Å². The molecule has 0 radical (unpaired) electrons. The molecule has 1 aliphatic heterocycles. The van der Waals surface area contributed by atoms with E-state index in [1.807, 2.05) is 29.8 Å². The van der Waals surface area contributed by atoms with E-state index in [1.54, 1.807) is 6.20 Å². The largest absolute Gasteiger partial charge is 0.320 e. The summed E-state index contributed by atoms with van der Waals surface area (Å²) in [5, 5.41) is 2.74. The minimum absolute atomic E-state index is 0.000744. The number of fused-ring (bicyclic) bond motifs is 2. The van der Waals surface area contributed by atoms with Crippen LogP contribution in [0, 0.1) is 6.92 Å². The first-order chi connectivity index (χ1) is 8.70. The molecule has 6 heteroatoms. The Balaban J connectivity index is 1.88. The second-order valence-corrected chi connectivity index (χ2v) is 5.28. The summed E-state index contributed by atoms with van der Waals surface area (Å²) in [7, 11) is 0. The van der Waals surface area contributed by atoms with Crippen LogP contribution in [0.1, 0.15) is 15.4 Å². The van der Waals surface area contributed by atoms with Gasteiger partial charge in [0.15, 0.2) is 5.65 Å². The molecule has 0 bridgehead atoms. The Kier molecular flexibility index (Phi) is 1.72. The highest BCUT2D eigenvalue weighted by atomic mass is 32.1. The second kappa shape index (κ2) is 3.17. The maximum Gasteiger partial charge on any atom is 0.267 e. The molecule has 0 saturated heterocycles. The number of rotatable bonds is 1. The Morgan fingerprint density at radius 2 is 2.28 bits per heavy atom. The van der Waals surface area contributed by atoms with E-state index in [-0.39, 0.29) is 5.91 Å². The fourth-order valence-electron chi connectivity index (χ4n) is 2.05. The topological polar surface area (TPSA) is 59.3 Å². The zero-order valence-corrected chi connectivity index (χ0v) is 10.3. The molecule has 1 N–H and O–H groups in total. The number of nitrogens with zero attached hydrogens (tertiary/aromatic N) is 3. The number of nitrogens with one attached hydrogen (secondary N) is 1. The summed E-state index contributed by atoms with van der Waals surface area (Å²) in [5.41, 5.74) is 3.55. The summed E-state index contributed by atoms with van der Waals surface area (Å²) in [6, 6.07) is 1.96. The molecule has 0 unspecified atom stereocenters. The fourth-order valence-corrected chi connectivity index (χ4v) is 3.02. The maximum atomic E-state index is 11.2. The van der Waals surface area contributed by atoms with Gasteiger partial charge in [-0.1, -0.05) is 0 Å². The van der Waals surface area contributed by atoms with E-state index in [4.69, 9.17) is 0 Å². The van der Waals surface area contributed by atoms with E-state index in [0.29, 0.717) is 0 Å². The van der Waals surface area contributed by atoms with Crippen LogP contribution in [0.2, 0.25) is 0 Å². The summed E-state index contributed by atoms with van der Waals surface area (Å²) in [4.78, 5) is 21.7. The first-order valence-electron chi connectivity index (χ1n) is 5.47. The number of aryl methyl sites for hydroxylation is 1. The minimum Gasteiger partial charge on any atom is -0.320 e. The number of thiophene rings is 1. The van der Waals surface area contributed by atoms with Gasteiger partial charge in [0.25, 0.3) is 5.91 Å². The minimum atomic E-state index is 0.000744. The van der Waals surface area contributed by atoms with Gasteiger partial charge in [-0.2, -0.15) is 0 Å². The molecule has 1 aliphatic rings. The lowest BCUT2D eigenvalue weighted by molar-refractivity contribution is 0.101. The molecule has 3 aromatic rings. The highest BCUT2D eigenvalue weighted by Crippen LogP contribution is 2.39. The molecule has 3 aromatic heterocycles. The normalized spacial score (nSPS) is 13.3. The van der Waals surface area contributed by atoms with E-state index in [0.717, 1.165) is 32.5 Å². The maximum absolute atomic E-state index is 11.2. The quantitative estimate of drug-likeness (QED) is 0.727. The van der Waals surface area contributed by atoms with Gasteiger partial charge in [-0.3, -0.25) is 4.79 Å². The molecule has 0 spiro atoms. The Morgan fingerprint density at radius 1 is 1.39 bits per heavy atom. The van der Waals surface area contributed by atoms with Crippen molar-refractivity contribution in [3.8, 4) is 10.6 Å². The van der Waals surface area contributed by atoms with Crippen LogP contribution in [0.4, 0.5) is 5.69 Å². The SMILES string of the molecule is Cc1cn2cc(-c3cc4c(s3)C(=O)N4)ncc2n1. The van der Waals surface area contributed by atoms with Gasteiger partial charge in [-0.05, 0) is 13.0 Å². The Morgan fingerprint density at radius 3 is 3.06 bits per heavy atom. The van der Waals surface area contributed by atoms with Gasteiger partial charge in [0.2, 0.25) is 0 Å². The monoisotopic (exact) mass is 256 g/mol. The number of amides is 1. The smallest absolute Gasteiger partial charge is 0.267 e. The number of imidazole rings is 1. The van der Waals surface area contributed by atoms with Crippen molar-refractivity contribution in [3.05, 3.63) is 35.2 Å². The predicted octanol–water partition coefficient (Wildman–Crippen LogP) is 2.33. The van der Waals surface area contributed by atoms with Crippen molar-refractivity contribution >= 4 is 28.6 Å². The van der Waals surface area contributed by atoms with Crippen LogP contribution >= 0.6 is 11.3 Å². The van der Waals surface area contributed by atoms with Gasteiger partial charge in [-0.15, -0.1) is 11.3 Å². The van der Waals surface area contributed by atoms with Gasteiger partial charge in [0, 0.05) is 12.4 Å². The molecule has 1 amide bonds. The molecule has 5 nitrogen and oxygen atoms in total. The zero-order valence-electron chi connectivity index (χ0n) is 9.47. The van der Waals surface area contributed by atoms with Crippen LogP contribution in [-0.4, -0.2) is 20.3 Å². The number of carbonyl (C=O) groups excluding carboxylic acids is 1. The lowest BCUT2D eigenvalue weighted by atomic mass is 10.2. The lowest BCUT2D eigenvalue weighted by Gasteiger charge is -2.11. The molecule has 4 heterocycles. The van der Waals surface area contributed by atoms with Gasteiger partial charge < -0.3 is 9.72 Å². The van der Waals surface area contributed by atoms with Crippen LogP contribution in [-0.2, 0) is 0 Å². The van der Waals surface area contributed by atoms with Crippen LogP contribution in [0.3, 0.4) is 0 Å². The lowest BCUT2D eigenvalue weighted by Crippen LogP contribution is -2.21. The third kappa shape index (κ3) is 1.23. The third-order valence-electron chi connectivity index (χ3n) is 2.90.